The molecule has 6 nitrogen and oxygen atoms in total. The van der Waals surface area contributed by atoms with Crippen LogP contribution in [0.3, 0.4) is 0 Å². The number of amides is 1. The Hall–Kier alpha value is -2.90. The van der Waals surface area contributed by atoms with E-state index in [1.807, 2.05) is 68.4 Å². The van der Waals surface area contributed by atoms with Gasteiger partial charge in [-0.3, -0.25) is 4.79 Å². The Balaban J connectivity index is 1.41. The molecule has 0 fully saturated rings. The summed E-state index contributed by atoms with van der Waals surface area (Å²) in [5.41, 5.74) is 4.59. The molecular weight excluding hydrogens is 430 g/mol. The lowest BCUT2D eigenvalue weighted by atomic mass is 10.1. The van der Waals surface area contributed by atoms with Crippen LogP contribution in [0.15, 0.2) is 59.8 Å². The Morgan fingerprint density at radius 1 is 1.10 bits per heavy atom. The van der Waals surface area contributed by atoms with Gasteiger partial charge in [-0.25, -0.2) is 9.50 Å². The van der Waals surface area contributed by atoms with Crippen LogP contribution in [0.2, 0.25) is 5.02 Å². The fourth-order valence-corrected chi connectivity index (χ4v) is 4.36. The van der Waals surface area contributed by atoms with Gasteiger partial charge >= 0.3 is 0 Å². The van der Waals surface area contributed by atoms with Gasteiger partial charge in [-0.05, 0) is 55.7 Å². The van der Waals surface area contributed by atoms with E-state index in [-0.39, 0.29) is 5.91 Å². The SMILES string of the molecule is Cc1cc(C)n2nc(SCc3ccccc3C(=O)NCCc3cccc(Cl)c3)nc2n1. The summed E-state index contributed by atoms with van der Waals surface area (Å²) < 4.78 is 1.74. The Morgan fingerprint density at radius 2 is 1.94 bits per heavy atom. The molecule has 0 radical (unpaired) electrons. The smallest absolute Gasteiger partial charge is 0.253 e. The molecule has 0 atom stereocenters. The predicted molar refractivity (Wildman–Crippen MR) is 124 cm³/mol. The summed E-state index contributed by atoms with van der Waals surface area (Å²) in [6.07, 6.45) is 0.722. The van der Waals surface area contributed by atoms with Crippen molar-refractivity contribution in [2.24, 2.45) is 0 Å². The van der Waals surface area contributed by atoms with E-state index in [1.165, 1.54) is 11.8 Å². The van der Waals surface area contributed by atoms with Crippen molar-refractivity contribution >= 4 is 35.0 Å². The van der Waals surface area contributed by atoms with Gasteiger partial charge in [0.05, 0.1) is 0 Å². The van der Waals surface area contributed by atoms with Crippen LogP contribution in [0.4, 0.5) is 0 Å². The molecule has 4 aromatic rings. The van der Waals surface area contributed by atoms with E-state index in [0.717, 1.165) is 28.9 Å². The maximum absolute atomic E-state index is 12.8. The summed E-state index contributed by atoms with van der Waals surface area (Å²) in [7, 11) is 0. The normalized spacial score (nSPS) is 11.1. The zero-order valence-electron chi connectivity index (χ0n) is 17.3. The van der Waals surface area contributed by atoms with Crippen molar-refractivity contribution < 1.29 is 4.79 Å². The summed E-state index contributed by atoms with van der Waals surface area (Å²) in [6, 6.07) is 17.3. The summed E-state index contributed by atoms with van der Waals surface area (Å²) in [5.74, 6) is 1.09. The number of nitrogens with one attached hydrogen (secondary N) is 1. The highest BCUT2D eigenvalue weighted by Gasteiger charge is 2.13. The lowest BCUT2D eigenvalue weighted by Crippen LogP contribution is -2.26. The van der Waals surface area contributed by atoms with Gasteiger partial charge in [0.1, 0.15) is 0 Å². The van der Waals surface area contributed by atoms with Gasteiger partial charge in [0, 0.05) is 34.3 Å². The number of benzene rings is 2. The van der Waals surface area contributed by atoms with Crippen LogP contribution in [0.1, 0.15) is 32.9 Å². The fraction of sp³-hybridized carbons (Fsp3) is 0.217. The molecule has 31 heavy (non-hydrogen) atoms. The third kappa shape index (κ3) is 5.24. The van der Waals surface area contributed by atoms with Gasteiger partial charge in [0.25, 0.3) is 11.7 Å². The van der Waals surface area contributed by atoms with E-state index in [9.17, 15) is 4.79 Å². The largest absolute Gasteiger partial charge is 0.352 e. The molecule has 0 aliphatic heterocycles. The molecule has 2 aromatic heterocycles. The van der Waals surface area contributed by atoms with Crippen molar-refractivity contribution in [3.8, 4) is 0 Å². The quantitative estimate of drug-likeness (QED) is 0.414. The van der Waals surface area contributed by atoms with Crippen LogP contribution < -0.4 is 5.32 Å². The van der Waals surface area contributed by atoms with Crippen molar-refractivity contribution in [1.29, 1.82) is 0 Å². The number of hydrogen-bond acceptors (Lipinski definition) is 5. The molecular formula is C23H22ClN5OS. The van der Waals surface area contributed by atoms with Crippen LogP contribution in [-0.2, 0) is 12.2 Å². The zero-order chi connectivity index (χ0) is 21.8. The van der Waals surface area contributed by atoms with E-state index in [0.29, 0.717) is 33.8 Å². The number of thioether (sulfide) groups is 1. The molecule has 1 amide bonds. The number of aryl methyl sites for hydroxylation is 2. The zero-order valence-corrected chi connectivity index (χ0v) is 18.9. The lowest BCUT2D eigenvalue weighted by Gasteiger charge is -2.10. The third-order valence-electron chi connectivity index (χ3n) is 4.81. The second kappa shape index (κ2) is 9.49. The van der Waals surface area contributed by atoms with E-state index in [4.69, 9.17) is 11.6 Å². The first-order valence-electron chi connectivity index (χ1n) is 9.94. The number of carbonyl (C=O) groups excluding carboxylic acids is 1. The van der Waals surface area contributed by atoms with Gasteiger partial charge in [0.2, 0.25) is 5.16 Å². The number of fused-ring (bicyclic) bond motifs is 1. The van der Waals surface area contributed by atoms with Gasteiger partial charge in [-0.1, -0.05) is 53.7 Å². The average Bonchev–Trinajstić information content (AvgIpc) is 3.16. The Bertz CT molecular complexity index is 1240. The van der Waals surface area contributed by atoms with Crippen molar-refractivity contribution in [1.82, 2.24) is 24.9 Å². The first kappa shape index (κ1) is 21.3. The number of hydrogen-bond donors (Lipinski definition) is 1. The van der Waals surface area contributed by atoms with Gasteiger partial charge in [-0.15, -0.1) is 5.10 Å². The molecule has 2 aromatic carbocycles. The molecule has 0 aliphatic rings. The van der Waals surface area contributed by atoms with E-state index in [2.05, 4.69) is 20.4 Å². The first-order valence-corrected chi connectivity index (χ1v) is 11.3. The molecule has 2 heterocycles. The molecule has 1 N–H and O–H groups in total. The summed E-state index contributed by atoms with van der Waals surface area (Å²) in [5, 5.41) is 8.87. The average molecular weight is 452 g/mol. The first-order chi connectivity index (χ1) is 15.0. The van der Waals surface area contributed by atoms with Crippen LogP contribution in [0.5, 0.6) is 0 Å². The molecule has 0 bridgehead atoms. The fourth-order valence-electron chi connectivity index (χ4n) is 3.33. The van der Waals surface area contributed by atoms with Gasteiger partial charge in [0.15, 0.2) is 0 Å². The number of carbonyl (C=O) groups is 1. The van der Waals surface area contributed by atoms with Gasteiger partial charge < -0.3 is 5.32 Å². The minimum atomic E-state index is -0.0886. The monoisotopic (exact) mass is 451 g/mol. The van der Waals surface area contributed by atoms with E-state index >= 15 is 0 Å². The maximum atomic E-state index is 12.8. The highest BCUT2D eigenvalue weighted by atomic mass is 35.5. The van der Waals surface area contributed by atoms with Crippen LogP contribution in [0.25, 0.3) is 5.78 Å². The number of halogens is 1. The van der Waals surface area contributed by atoms with Crippen molar-refractivity contribution in [2.45, 2.75) is 31.2 Å². The van der Waals surface area contributed by atoms with Crippen molar-refractivity contribution in [3.63, 3.8) is 0 Å². The molecule has 0 unspecified atom stereocenters. The van der Waals surface area contributed by atoms with Crippen molar-refractivity contribution in [3.05, 3.63) is 87.7 Å². The maximum Gasteiger partial charge on any atom is 0.253 e. The molecule has 0 aliphatic carbocycles. The summed E-state index contributed by atoms with van der Waals surface area (Å²) in [6.45, 7) is 4.46. The summed E-state index contributed by atoms with van der Waals surface area (Å²) >= 11 is 7.52. The molecule has 0 saturated heterocycles. The molecule has 158 valence electrons. The van der Waals surface area contributed by atoms with Gasteiger partial charge in [-0.2, -0.15) is 4.98 Å². The second-order valence-electron chi connectivity index (χ2n) is 7.23. The lowest BCUT2D eigenvalue weighted by molar-refractivity contribution is 0.0953. The number of rotatable bonds is 7. The second-order valence-corrected chi connectivity index (χ2v) is 8.61. The van der Waals surface area contributed by atoms with Crippen LogP contribution in [-0.4, -0.2) is 32.0 Å². The Morgan fingerprint density at radius 3 is 2.77 bits per heavy atom. The third-order valence-corrected chi connectivity index (χ3v) is 5.93. The van der Waals surface area contributed by atoms with Crippen molar-refractivity contribution in [2.75, 3.05) is 6.54 Å². The predicted octanol–water partition coefficient (Wildman–Crippen LogP) is 4.66. The summed E-state index contributed by atoms with van der Waals surface area (Å²) in [4.78, 5) is 21.7. The van der Waals surface area contributed by atoms with Crippen LogP contribution in [0, 0.1) is 13.8 Å². The minimum absolute atomic E-state index is 0.0886. The standard InChI is InChI=1S/C23H22ClN5OS/c1-15-12-16(2)29-22(26-15)27-23(28-29)31-14-18-7-3-4-9-20(18)21(30)25-11-10-17-6-5-8-19(24)13-17/h3-9,12-13H,10-11,14H2,1-2H3,(H,25,30). The Labute approximate surface area is 190 Å². The highest BCUT2D eigenvalue weighted by Crippen LogP contribution is 2.23. The molecule has 0 spiro atoms. The Kier molecular flexibility index (Phi) is 6.53. The molecule has 8 heteroatoms. The van der Waals surface area contributed by atoms with E-state index < -0.39 is 0 Å². The number of nitrogens with zero attached hydrogens (tertiary/aromatic N) is 4. The molecule has 4 rings (SSSR count). The van der Waals surface area contributed by atoms with E-state index in [1.54, 1.807) is 4.52 Å². The molecule has 0 saturated carbocycles. The topological polar surface area (TPSA) is 72.2 Å². The minimum Gasteiger partial charge on any atom is -0.352 e. The highest BCUT2D eigenvalue weighted by molar-refractivity contribution is 7.98. The van der Waals surface area contributed by atoms with Crippen LogP contribution >= 0.6 is 23.4 Å². The number of aromatic nitrogens is 4.